The maximum absolute atomic E-state index is 13.7. The lowest BCUT2D eigenvalue weighted by molar-refractivity contribution is 0.0787. The molecular formula is C27H27N5O4. The van der Waals surface area contributed by atoms with E-state index in [2.05, 4.69) is 5.10 Å². The molecule has 0 aliphatic carbocycles. The number of nitrogens with two attached hydrogens (primary N) is 1. The summed E-state index contributed by atoms with van der Waals surface area (Å²) < 4.78 is 13.2. The van der Waals surface area contributed by atoms with Crippen molar-refractivity contribution in [2.75, 3.05) is 20.3 Å². The van der Waals surface area contributed by atoms with E-state index in [1.165, 1.54) is 0 Å². The Bertz CT molecular complexity index is 1480. The van der Waals surface area contributed by atoms with Gasteiger partial charge in [-0.15, -0.1) is 0 Å². The van der Waals surface area contributed by atoms with Gasteiger partial charge < -0.3 is 20.1 Å². The van der Waals surface area contributed by atoms with E-state index in [-0.39, 0.29) is 11.9 Å². The minimum atomic E-state index is -0.508. The van der Waals surface area contributed by atoms with Gasteiger partial charge in [-0.1, -0.05) is 12.1 Å². The van der Waals surface area contributed by atoms with Gasteiger partial charge in [0.15, 0.2) is 17.1 Å². The number of amides is 2. The average Bonchev–Trinajstić information content (AvgIpc) is 3.32. The molecule has 0 atom stereocenters. The Morgan fingerprint density at radius 2 is 1.86 bits per heavy atom. The van der Waals surface area contributed by atoms with Crippen molar-refractivity contribution in [1.82, 2.24) is 19.7 Å². The highest BCUT2D eigenvalue weighted by molar-refractivity contribution is 6.06. The second-order valence-corrected chi connectivity index (χ2v) is 9.06. The van der Waals surface area contributed by atoms with Gasteiger partial charge in [-0.25, -0.2) is 9.67 Å². The Balaban J connectivity index is 1.56. The van der Waals surface area contributed by atoms with Gasteiger partial charge in [-0.3, -0.25) is 9.59 Å². The van der Waals surface area contributed by atoms with E-state index < -0.39 is 5.91 Å². The Morgan fingerprint density at radius 3 is 2.61 bits per heavy atom. The summed E-state index contributed by atoms with van der Waals surface area (Å²) in [7, 11) is 1.72. The van der Waals surface area contributed by atoms with E-state index in [4.69, 9.17) is 20.2 Å². The van der Waals surface area contributed by atoms with Crippen molar-refractivity contribution in [1.29, 1.82) is 0 Å². The van der Waals surface area contributed by atoms with Crippen molar-refractivity contribution in [2.24, 2.45) is 5.73 Å². The third-order valence-electron chi connectivity index (χ3n) is 6.10. The van der Waals surface area contributed by atoms with Crippen LogP contribution in [0.2, 0.25) is 0 Å². The van der Waals surface area contributed by atoms with Crippen molar-refractivity contribution in [3.63, 3.8) is 0 Å². The second kappa shape index (κ2) is 9.33. The Kier molecular flexibility index (Phi) is 6.05. The van der Waals surface area contributed by atoms with E-state index in [0.717, 1.165) is 11.1 Å². The zero-order valence-corrected chi connectivity index (χ0v) is 20.4. The standard InChI is InChI=1S/C27H27N5O4/c1-16(2)32-26-21(14-29-32)20(27(34)31(3)15-17-5-4-6-19(11-17)25(28)33)13-22(30-26)18-7-8-23-24(12-18)36-10-9-35-23/h4-8,11-14,16H,9-10,15H2,1-3H3,(H2,28,33). The third kappa shape index (κ3) is 4.35. The van der Waals surface area contributed by atoms with Crippen LogP contribution in [0.25, 0.3) is 22.3 Å². The van der Waals surface area contributed by atoms with Crippen molar-refractivity contribution < 1.29 is 19.1 Å². The quantitative estimate of drug-likeness (QED) is 0.444. The van der Waals surface area contributed by atoms with Gasteiger partial charge in [0.05, 0.1) is 22.8 Å². The first-order valence-corrected chi connectivity index (χ1v) is 11.7. The topological polar surface area (TPSA) is 113 Å². The molecule has 0 unspecified atom stereocenters. The van der Waals surface area contributed by atoms with Crippen LogP contribution in [0, 0.1) is 0 Å². The predicted molar refractivity (Wildman–Crippen MR) is 135 cm³/mol. The molecule has 9 heteroatoms. The Hall–Kier alpha value is -4.40. The molecule has 184 valence electrons. The minimum absolute atomic E-state index is 0.0581. The summed E-state index contributed by atoms with van der Waals surface area (Å²) in [4.78, 5) is 31.8. The molecular weight excluding hydrogens is 458 g/mol. The van der Waals surface area contributed by atoms with Crippen molar-refractivity contribution in [3.8, 4) is 22.8 Å². The molecule has 5 rings (SSSR count). The third-order valence-corrected chi connectivity index (χ3v) is 6.10. The summed E-state index contributed by atoms with van der Waals surface area (Å²) in [5, 5.41) is 5.18. The lowest BCUT2D eigenvalue weighted by Gasteiger charge is -2.20. The highest BCUT2D eigenvalue weighted by atomic mass is 16.6. The first-order valence-electron chi connectivity index (χ1n) is 11.7. The maximum atomic E-state index is 13.7. The number of carbonyl (C=O) groups is 2. The normalized spacial score (nSPS) is 12.7. The number of pyridine rings is 1. The first-order chi connectivity index (χ1) is 17.3. The molecule has 0 bridgehead atoms. The fraction of sp³-hybridized carbons (Fsp3) is 0.259. The van der Waals surface area contributed by atoms with Crippen LogP contribution >= 0.6 is 0 Å². The van der Waals surface area contributed by atoms with Crippen LogP contribution in [-0.4, -0.2) is 51.7 Å². The maximum Gasteiger partial charge on any atom is 0.254 e. The fourth-order valence-corrected chi connectivity index (χ4v) is 4.30. The number of nitrogens with zero attached hydrogens (tertiary/aromatic N) is 4. The molecule has 4 aromatic rings. The smallest absolute Gasteiger partial charge is 0.254 e. The summed E-state index contributed by atoms with van der Waals surface area (Å²) >= 11 is 0. The Labute approximate surface area is 208 Å². The van der Waals surface area contributed by atoms with Crippen LogP contribution < -0.4 is 15.2 Å². The monoisotopic (exact) mass is 485 g/mol. The van der Waals surface area contributed by atoms with Crippen LogP contribution in [0.5, 0.6) is 11.5 Å². The van der Waals surface area contributed by atoms with Crippen LogP contribution in [0.15, 0.2) is 54.7 Å². The number of hydrogen-bond acceptors (Lipinski definition) is 6. The van der Waals surface area contributed by atoms with E-state index >= 15 is 0 Å². The van der Waals surface area contributed by atoms with Crippen molar-refractivity contribution in [3.05, 3.63) is 71.4 Å². The minimum Gasteiger partial charge on any atom is -0.486 e. The molecule has 2 aromatic carbocycles. The van der Waals surface area contributed by atoms with E-state index in [0.29, 0.717) is 59.1 Å². The van der Waals surface area contributed by atoms with Gasteiger partial charge >= 0.3 is 0 Å². The van der Waals surface area contributed by atoms with Crippen LogP contribution in [0.1, 0.15) is 46.2 Å². The van der Waals surface area contributed by atoms with Crippen molar-refractivity contribution in [2.45, 2.75) is 26.4 Å². The van der Waals surface area contributed by atoms with Gasteiger partial charge in [0.25, 0.3) is 5.91 Å². The summed E-state index contributed by atoms with van der Waals surface area (Å²) in [6.07, 6.45) is 1.69. The molecule has 2 N–H and O–H groups in total. The molecule has 0 saturated heterocycles. The van der Waals surface area contributed by atoms with Crippen LogP contribution in [-0.2, 0) is 6.54 Å². The number of ether oxygens (including phenoxy) is 2. The highest BCUT2D eigenvalue weighted by Crippen LogP contribution is 2.35. The summed E-state index contributed by atoms with van der Waals surface area (Å²) in [6.45, 7) is 5.34. The number of benzene rings is 2. The largest absolute Gasteiger partial charge is 0.486 e. The van der Waals surface area contributed by atoms with E-state index in [1.54, 1.807) is 42.4 Å². The highest BCUT2D eigenvalue weighted by Gasteiger charge is 2.22. The molecule has 0 fully saturated rings. The molecule has 0 spiro atoms. The SMILES string of the molecule is CC(C)n1ncc2c(C(=O)N(C)Cc3cccc(C(N)=O)c3)cc(-c3ccc4c(c3)OCCO4)nc21. The van der Waals surface area contributed by atoms with E-state index in [1.807, 2.05) is 42.8 Å². The van der Waals surface area contributed by atoms with Gasteiger partial charge in [0.1, 0.15) is 13.2 Å². The molecule has 1 aliphatic heterocycles. The fourth-order valence-electron chi connectivity index (χ4n) is 4.30. The van der Waals surface area contributed by atoms with Crippen LogP contribution in [0.3, 0.4) is 0 Å². The number of aromatic nitrogens is 3. The number of carbonyl (C=O) groups excluding carboxylic acids is 2. The second-order valence-electron chi connectivity index (χ2n) is 9.06. The summed E-state index contributed by atoms with van der Waals surface area (Å²) in [6, 6.07) is 14.5. The summed E-state index contributed by atoms with van der Waals surface area (Å²) in [5.74, 6) is 0.644. The number of primary amides is 1. The zero-order chi connectivity index (χ0) is 25.4. The predicted octanol–water partition coefficient (Wildman–Crippen LogP) is 3.82. The number of fused-ring (bicyclic) bond motifs is 2. The molecule has 2 aromatic heterocycles. The van der Waals surface area contributed by atoms with Crippen molar-refractivity contribution >= 4 is 22.8 Å². The lowest BCUT2D eigenvalue weighted by Crippen LogP contribution is -2.26. The molecule has 1 aliphatic rings. The zero-order valence-electron chi connectivity index (χ0n) is 20.4. The average molecular weight is 486 g/mol. The molecule has 0 radical (unpaired) electrons. The Morgan fingerprint density at radius 1 is 1.08 bits per heavy atom. The van der Waals surface area contributed by atoms with Gasteiger partial charge in [-0.05, 0) is 55.8 Å². The van der Waals surface area contributed by atoms with Gasteiger partial charge in [0.2, 0.25) is 5.91 Å². The number of hydrogen-bond donors (Lipinski definition) is 1. The lowest BCUT2D eigenvalue weighted by atomic mass is 10.0. The first kappa shape index (κ1) is 23.3. The molecule has 2 amide bonds. The molecule has 0 saturated carbocycles. The van der Waals surface area contributed by atoms with E-state index in [9.17, 15) is 9.59 Å². The molecule has 36 heavy (non-hydrogen) atoms. The van der Waals surface area contributed by atoms with Crippen LogP contribution in [0.4, 0.5) is 0 Å². The number of rotatable bonds is 6. The van der Waals surface area contributed by atoms with Gasteiger partial charge in [0, 0.05) is 30.8 Å². The molecule has 9 nitrogen and oxygen atoms in total. The summed E-state index contributed by atoms with van der Waals surface area (Å²) in [5.41, 5.74) is 9.18. The molecule has 3 heterocycles. The van der Waals surface area contributed by atoms with Gasteiger partial charge in [-0.2, -0.15) is 5.10 Å².